The number of nitrogens with zero attached hydrogens (tertiary/aromatic N) is 2. The molecule has 1 aromatic heterocycles. The van der Waals surface area contributed by atoms with Crippen molar-refractivity contribution in [2.24, 2.45) is 13.0 Å². The highest BCUT2D eigenvalue weighted by atomic mass is 35.5. The average molecular weight is 367 g/mol. The summed E-state index contributed by atoms with van der Waals surface area (Å²) in [5.41, 5.74) is 1.31. The molecule has 1 aliphatic rings. The van der Waals surface area contributed by atoms with Crippen LogP contribution in [0.3, 0.4) is 0 Å². The molecule has 1 aliphatic heterocycles. The van der Waals surface area contributed by atoms with E-state index >= 15 is 0 Å². The Bertz CT molecular complexity index is 786. The van der Waals surface area contributed by atoms with E-state index in [2.05, 4.69) is 0 Å². The van der Waals surface area contributed by atoms with E-state index in [0.29, 0.717) is 22.3 Å². The maximum atomic E-state index is 12.7. The number of aromatic nitrogens is 1. The fourth-order valence-electron chi connectivity index (χ4n) is 3.17. The zero-order chi connectivity index (χ0) is 17.4. The van der Waals surface area contributed by atoms with Gasteiger partial charge in [-0.2, -0.15) is 0 Å². The Labute approximate surface area is 149 Å². The Morgan fingerprint density at radius 1 is 1.12 bits per heavy atom. The van der Waals surface area contributed by atoms with Crippen molar-refractivity contribution in [2.45, 2.75) is 5.92 Å². The molecule has 5 nitrogen and oxygen atoms in total. The summed E-state index contributed by atoms with van der Waals surface area (Å²) in [6.07, 6.45) is 1.65. The number of carboxylic acids is 1. The third-order valence-corrected chi connectivity index (χ3v) is 4.87. The summed E-state index contributed by atoms with van der Waals surface area (Å²) in [4.78, 5) is 25.9. The van der Waals surface area contributed by atoms with Crippen molar-refractivity contribution in [2.75, 3.05) is 13.1 Å². The Morgan fingerprint density at radius 3 is 2.33 bits per heavy atom. The number of aliphatic carboxylic acids is 1. The van der Waals surface area contributed by atoms with Crippen molar-refractivity contribution >= 4 is 35.1 Å². The number of amides is 1. The lowest BCUT2D eigenvalue weighted by atomic mass is 9.89. The number of likely N-dealkylation sites (tertiary alicyclic amines) is 1. The summed E-state index contributed by atoms with van der Waals surface area (Å²) >= 11 is 11.8. The van der Waals surface area contributed by atoms with Crippen LogP contribution in [0, 0.1) is 5.92 Å². The van der Waals surface area contributed by atoms with E-state index in [1.54, 1.807) is 40.9 Å². The van der Waals surface area contributed by atoms with Crippen molar-refractivity contribution in [1.29, 1.82) is 0 Å². The molecule has 0 spiro atoms. The predicted octanol–water partition coefficient (Wildman–Crippen LogP) is 3.27. The molecule has 0 bridgehead atoms. The fraction of sp³-hybridized carbons (Fsp3) is 0.294. The minimum absolute atomic E-state index is 0.171. The van der Waals surface area contributed by atoms with Gasteiger partial charge in [-0.25, -0.2) is 0 Å². The lowest BCUT2D eigenvalue weighted by molar-refractivity contribution is -0.141. The van der Waals surface area contributed by atoms with Gasteiger partial charge in [0.05, 0.1) is 10.9 Å². The van der Waals surface area contributed by atoms with Gasteiger partial charge in [-0.3, -0.25) is 9.59 Å². The smallest absolute Gasteiger partial charge is 0.308 e. The van der Waals surface area contributed by atoms with Crippen LogP contribution >= 0.6 is 23.2 Å². The highest BCUT2D eigenvalue weighted by molar-refractivity contribution is 6.31. The molecule has 2 aromatic rings. The van der Waals surface area contributed by atoms with Gasteiger partial charge in [0.2, 0.25) is 0 Å². The molecular formula is C17H16Cl2N2O3. The van der Waals surface area contributed by atoms with Crippen molar-refractivity contribution in [3.63, 3.8) is 0 Å². The number of hydrogen-bond acceptors (Lipinski definition) is 2. The second kappa shape index (κ2) is 6.49. The van der Waals surface area contributed by atoms with E-state index in [1.807, 2.05) is 12.1 Å². The van der Waals surface area contributed by atoms with Crippen molar-refractivity contribution in [3.8, 4) is 0 Å². The lowest BCUT2D eigenvalue weighted by Crippen LogP contribution is -2.31. The largest absolute Gasteiger partial charge is 0.481 e. The zero-order valence-corrected chi connectivity index (χ0v) is 14.5. The van der Waals surface area contributed by atoms with Crippen molar-refractivity contribution in [3.05, 3.63) is 57.8 Å². The number of aryl methyl sites for hydroxylation is 1. The standard InChI is InChI=1S/C17H16Cl2N2O3/c1-20-7-12(19)6-15(20)16(22)21-8-13(14(9-21)17(23)24)10-2-4-11(18)5-3-10/h2-7,13-14H,8-9H2,1H3,(H,23,24)/t13-,14+/m0/s1. The summed E-state index contributed by atoms with van der Waals surface area (Å²) < 4.78 is 1.65. The molecule has 0 saturated carbocycles. The number of benzene rings is 1. The second-order valence-corrected chi connectivity index (χ2v) is 6.84. The van der Waals surface area contributed by atoms with Gasteiger partial charge in [0.1, 0.15) is 5.69 Å². The van der Waals surface area contributed by atoms with Crippen molar-refractivity contribution in [1.82, 2.24) is 9.47 Å². The number of rotatable bonds is 3. The number of halogens is 2. The minimum atomic E-state index is -0.907. The minimum Gasteiger partial charge on any atom is -0.481 e. The summed E-state index contributed by atoms with van der Waals surface area (Å²) in [6.45, 7) is 0.518. The molecule has 2 heterocycles. The molecule has 7 heteroatoms. The zero-order valence-electron chi connectivity index (χ0n) is 12.9. The van der Waals surface area contributed by atoms with Crippen LogP contribution in [0.1, 0.15) is 22.0 Å². The first-order valence-corrected chi connectivity index (χ1v) is 8.22. The van der Waals surface area contributed by atoms with Crippen LogP contribution in [0.25, 0.3) is 0 Å². The number of hydrogen-bond donors (Lipinski definition) is 1. The Morgan fingerprint density at radius 2 is 1.79 bits per heavy atom. The molecule has 2 atom stereocenters. The summed E-state index contributed by atoms with van der Waals surface area (Å²) in [7, 11) is 1.74. The van der Waals surface area contributed by atoms with Crippen LogP contribution in [0.2, 0.25) is 10.0 Å². The van der Waals surface area contributed by atoms with Crippen molar-refractivity contribution < 1.29 is 14.7 Å². The summed E-state index contributed by atoms with van der Waals surface area (Å²) in [5, 5.41) is 10.6. The molecule has 1 saturated heterocycles. The van der Waals surface area contributed by atoms with Gasteiger partial charge >= 0.3 is 5.97 Å². The summed E-state index contributed by atoms with van der Waals surface area (Å²) in [6, 6.07) is 8.69. The monoisotopic (exact) mass is 366 g/mol. The van der Waals surface area contributed by atoms with Gasteiger partial charge in [-0.1, -0.05) is 35.3 Å². The van der Waals surface area contributed by atoms with E-state index in [9.17, 15) is 14.7 Å². The summed E-state index contributed by atoms with van der Waals surface area (Å²) in [5.74, 6) is -2.03. The molecule has 24 heavy (non-hydrogen) atoms. The van der Waals surface area contributed by atoms with E-state index in [0.717, 1.165) is 5.56 Å². The third kappa shape index (κ3) is 3.14. The molecule has 1 aromatic carbocycles. The molecule has 0 radical (unpaired) electrons. The molecule has 1 amide bonds. The molecule has 0 aliphatic carbocycles. The van der Waals surface area contributed by atoms with E-state index in [4.69, 9.17) is 23.2 Å². The van der Waals surface area contributed by atoms with Gasteiger partial charge in [0, 0.05) is 37.3 Å². The maximum absolute atomic E-state index is 12.7. The van der Waals surface area contributed by atoms with E-state index in [-0.39, 0.29) is 18.4 Å². The quantitative estimate of drug-likeness (QED) is 0.906. The molecule has 0 unspecified atom stereocenters. The van der Waals surface area contributed by atoms with Crippen LogP contribution in [0.5, 0.6) is 0 Å². The topological polar surface area (TPSA) is 62.5 Å². The third-order valence-electron chi connectivity index (χ3n) is 4.41. The lowest BCUT2D eigenvalue weighted by Gasteiger charge is -2.17. The van der Waals surface area contributed by atoms with E-state index < -0.39 is 11.9 Å². The first-order chi connectivity index (χ1) is 11.4. The Kier molecular flexibility index (Phi) is 4.56. The van der Waals surface area contributed by atoms with Crippen LogP contribution in [0.15, 0.2) is 36.5 Å². The number of carbonyl (C=O) groups is 2. The Balaban J connectivity index is 1.87. The highest BCUT2D eigenvalue weighted by Gasteiger charge is 2.41. The van der Waals surface area contributed by atoms with Gasteiger partial charge in [-0.05, 0) is 23.8 Å². The van der Waals surface area contributed by atoms with Gasteiger partial charge in [-0.15, -0.1) is 0 Å². The predicted molar refractivity (Wildman–Crippen MR) is 91.6 cm³/mol. The van der Waals surface area contributed by atoms with Gasteiger partial charge in [0.25, 0.3) is 5.91 Å². The second-order valence-electron chi connectivity index (χ2n) is 5.97. The van der Waals surface area contributed by atoms with Gasteiger partial charge < -0.3 is 14.6 Å². The number of carboxylic acid groups (broad SMARTS) is 1. The first kappa shape index (κ1) is 16.9. The average Bonchev–Trinajstić information content (AvgIpc) is 3.11. The normalized spacial score (nSPS) is 20.4. The fourth-order valence-corrected chi connectivity index (χ4v) is 3.54. The highest BCUT2D eigenvalue weighted by Crippen LogP contribution is 2.34. The first-order valence-electron chi connectivity index (χ1n) is 7.46. The van der Waals surface area contributed by atoms with Gasteiger partial charge in [0.15, 0.2) is 0 Å². The molecule has 3 rings (SSSR count). The van der Waals surface area contributed by atoms with Crippen LogP contribution in [-0.2, 0) is 11.8 Å². The molecule has 126 valence electrons. The van der Waals surface area contributed by atoms with Crippen LogP contribution in [-0.4, -0.2) is 39.5 Å². The molecule has 1 fully saturated rings. The van der Waals surface area contributed by atoms with E-state index in [1.165, 1.54) is 0 Å². The SMILES string of the molecule is Cn1cc(Cl)cc1C(=O)N1C[C@@H](C(=O)O)[C@H](c2ccc(Cl)cc2)C1. The van der Waals surface area contributed by atoms with Crippen LogP contribution in [0.4, 0.5) is 0 Å². The number of carbonyl (C=O) groups excluding carboxylic acids is 1. The molecular weight excluding hydrogens is 351 g/mol. The molecule has 1 N–H and O–H groups in total. The maximum Gasteiger partial charge on any atom is 0.308 e. The Hall–Kier alpha value is -1.98. The van der Waals surface area contributed by atoms with Crippen LogP contribution < -0.4 is 0 Å².